The van der Waals surface area contributed by atoms with Crippen molar-refractivity contribution in [2.24, 2.45) is 0 Å². The number of rotatable bonds is 7. The van der Waals surface area contributed by atoms with Crippen molar-refractivity contribution in [2.45, 2.75) is 44.7 Å². The van der Waals surface area contributed by atoms with Gasteiger partial charge in [-0.1, -0.05) is 5.21 Å². The van der Waals surface area contributed by atoms with Crippen molar-refractivity contribution in [3.63, 3.8) is 0 Å². The van der Waals surface area contributed by atoms with Crippen molar-refractivity contribution in [3.05, 3.63) is 11.4 Å². The summed E-state index contributed by atoms with van der Waals surface area (Å²) in [6, 6.07) is 0.122. The van der Waals surface area contributed by atoms with E-state index in [-0.39, 0.29) is 12.6 Å². The maximum absolute atomic E-state index is 11.8. The van der Waals surface area contributed by atoms with Crippen LogP contribution in [0.2, 0.25) is 0 Å². The summed E-state index contributed by atoms with van der Waals surface area (Å²) >= 11 is 0. The van der Waals surface area contributed by atoms with E-state index in [1.165, 1.54) is 7.11 Å². The second kappa shape index (κ2) is 7.35. The number of ether oxygens (including phenoxy) is 1. The Labute approximate surface area is 118 Å². The lowest BCUT2D eigenvalue weighted by Gasteiger charge is -2.13. The molecule has 1 atom stereocenters. The molecule has 2 rings (SSSR count). The normalized spacial score (nSPS) is 18.4. The smallest absolute Gasteiger partial charge is 0.360 e. The number of carbonyl (C=O) groups is 1. The lowest BCUT2D eigenvalue weighted by atomic mass is 10.1. The molecule has 0 radical (unpaired) electrons. The van der Waals surface area contributed by atoms with Crippen LogP contribution in [0.3, 0.4) is 0 Å². The van der Waals surface area contributed by atoms with Crippen LogP contribution in [0, 0.1) is 0 Å². The van der Waals surface area contributed by atoms with Crippen LogP contribution in [0.4, 0.5) is 0 Å². The van der Waals surface area contributed by atoms with E-state index in [0.717, 1.165) is 44.3 Å². The number of methoxy groups -OCH3 is 1. The third kappa shape index (κ3) is 3.34. The molecule has 2 N–H and O–H groups in total. The van der Waals surface area contributed by atoms with E-state index in [1.807, 2.05) is 0 Å². The van der Waals surface area contributed by atoms with Gasteiger partial charge in [0.1, 0.15) is 0 Å². The second-order valence-electron chi connectivity index (χ2n) is 4.97. The molecule has 2 heterocycles. The summed E-state index contributed by atoms with van der Waals surface area (Å²) in [5, 5.41) is 20.2. The van der Waals surface area contributed by atoms with E-state index >= 15 is 0 Å². The average Bonchev–Trinajstić information content (AvgIpc) is 3.11. The summed E-state index contributed by atoms with van der Waals surface area (Å²) in [5.74, 6) is -0.435. The number of unbranched alkanes of at least 4 members (excludes halogenated alkanes) is 2. The van der Waals surface area contributed by atoms with Crippen molar-refractivity contribution in [3.8, 4) is 0 Å². The summed E-state index contributed by atoms with van der Waals surface area (Å²) < 4.78 is 6.58. The highest BCUT2D eigenvalue weighted by Gasteiger charge is 2.28. The zero-order valence-electron chi connectivity index (χ0n) is 11.8. The summed E-state index contributed by atoms with van der Waals surface area (Å²) in [6.45, 7) is 1.86. The van der Waals surface area contributed by atoms with Crippen LogP contribution in [0.25, 0.3) is 0 Å². The van der Waals surface area contributed by atoms with E-state index in [4.69, 9.17) is 9.84 Å². The summed E-state index contributed by atoms with van der Waals surface area (Å²) in [5.41, 5.74) is 1.15. The molecule has 1 saturated heterocycles. The first-order chi connectivity index (χ1) is 9.77. The number of hydrogen-bond donors (Lipinski definition) is 2. The fraction of sp³-hybridized carbons (Fsp3) is 0.769. The Bertz CT molecular complexity index is 441. The number of aryl methyl sites for hydroxylation is 1. The number of nitrogens with one attached hydrogen (secondary N) is 1. The molecule has 1 aromatic heterocycles. The van der Waals surface area contributed by atoms with Gasteiger partial charge in [-0.25, -0.2) is 9.48 Å². The zero-order chi connectivity index (χ0) is 14.4. The molecule has 1 aliphatic rings. The van der Waals surface area contributed by atoms with Gasteiger partial charge in [-0.2, -0.15) is 0 Å². The van der Waals surface area contributed by atoms with Gasteiger partial charge in [-0.3, -0.25) is 0 Å². The van der Waals surface area contributed by atoms with Crippen LogP contribution >= 0.6 is 0 Å². The minimum Gasteiger partial charge on any atom is -0.464 e. The van der Waals surface area contributed by atoms with Crippen molar-refractivity contribution < 1.29 is 14.6 Å². The number of carbonyl (C=O) groups excluding carboxylic acids is 1. The number of esters is 1. The van der Waals surface area contributed by atoms with Gasteiger partial charge in [0, 0.05) is 13.2 Å². The molecule has 0 aromatic carbocycles. The molecule has 0 aliphatic carbocycles. The minimum atomic E-state index is -0.435. The number of aliphatic hydroxyl groups excluding tert-OH is 1. The maximum Gasteiger partial charge on any atom is 0.360 e. The van der Waals surface area contributed by atoms with Gasteiger partial charge in [-0.15, -0.1) is 5.10 Å². The Morgan fingerprint density at radius 1 is 1.50 bits per heavy atom. The fourth-order valence-corrected chi connectivity index (χ4v) is 2.54. The molecule has 20 heavy (non-hydrogen) atoms. The highest BCUT2D eigenvalue weighted by atomic mass is 16.5. The van der Waals surface area contributed by atoms with Crippen LogP contribution < -0.4 is 5.32 Å². The summed E-state index contributed by atoms with van der Waals surface area (Å²) in [6.07, 6.45) is 4.69. The van der Waals surface area contributed by atoms with E-state index in [9.17, 15) is 4.79 Å². The maximum atomic E-state index is 11.8. The van der Waals surface area contributed by atoms with E-state index in [0.29, 0.717) is 12.2 Å². The summed E-state index contributed by atoms with van der Waals surface area (Å²) in [4.78, 5) is 11.8. The Morgan fingerprint density at radius 3 is 3.00 bits per heavy atom. The molecule has 0 spiro atoms. The predicted molar refractivity (Wildman–Crippen MR) is 72.3 cm³/mol. The molecule has 7 nitrogen and oxygen atoms in total. The largest absolute Gasteiger partial charge is 0.464 e. The van der Waals surface area contributed by atoms with Crippen LogP contribution in [-0.2, 0) is 11.3 Å². The predicted octanol–water partition coefficient (Wildman–Crippen LogP) is 0.652. The van der Waals surface area contributed by atoms with E-state index < -0.39 is 5.97 Å². The van der Waals surface area contributed by atoms with Crippen molar-refractivity contribution >= 4 is 5.97 Å². The first kappa shape index (κ1) is 14.9. The lowest BCUT2D eigenvalue weighted by Crippen LogP contribution is -2.21. The molecule has 0 bridgehead atoms. The zero-order valence-corrected chi connectivity index (χ0v) is 11.8. The van der Waals surface area contributed by atoms with E-state index in [1.54, 1.807) is 4.68 Å². The first-order valence-corrected chi connectivity index (χ1v) is 7.14. The molecule has 1 unspecified atom stereocenters. The van der Waals surface area contributed by atoms with Crippen LogP contribution in [-0.4, -0.2) is 46.3 Å². The standard InChI is InChI=1S/C13H22N4O3/c1-20-13(19)11-12(10-6-5-7-14-10)17(16-15-11)8-3-2-4-9-18/h10,14,18H,2-9H2,1H3. The number of hydrogen-bond acceptors (Lipinski definition) is 6. The molecule has 0 saturated carbocycles. The summed E-state index contributed by atoms with van der Waals surface area (Å²) in [7, 11) is 1.36. The third-order valence-corrected chi connectivity index (χ3v) is 3.57. The van der Waals surface area contributed by atoms with Gasteiger partial charge in [0.05, 0.1) is 18.8 Å². The van der Waals surface area contributed by atoms with Gasteiger partial charge in [-0.05, 0) is 38.6 Å². The molecule has 1 aliphatic heterocycles. The Hall–Kier alpha value is -1.47. The lowest BCUT2D eigenvalue weighted by molar-refractivity contribution is 0.0591. The number of nitrogens with zero attached hydrogens (tertiary/aromatic N) is 3. The molecule has 1 fully saturated rings. The first-order valence-electron chi connectivity index (χ1n) is 7.14. The minimum absolute atomic E-state index is 0.122. The van der Waals surface area contributed by atoms with Crippen molar-refractivity contribution in [1.82, 2.24) is 20.3 Å². The third-order valence-electron chi connectivity index (χ3n) is 3.57. The Morgan fingerprint density at radius 2 is 2.35 bits per heavy atom. The highest BCUT2D eigenvalue weighted by molar-refractivity contribution is 5.88. The Balaban J connectivity index is 2.13. The molecular formula is C13H22N4O3. The molecule has 7 heteroatoms. The Kier molecular flexibility index (Phi) is 5.49. The van der Waals surface area contributed by atoms with Gasteiger partial charge in [0.25, 0.3) is 0 Å². The fourth-order valence-electron chi connectivity index (χ4n) is 2.54. The monoisotopic (exact) mass is 282 g/mol. The quantitative estimate of drug-likeness (QED) is 0.564. The van der Waals surface area contributed by atoms with Gasteiger partial charge in [0.15, 0.2) is 5.69 Å². The number of aliphatic hydroxyl groups is 1. The average molecular weight is 282 g/mol. The van der Waals surface area contributed by atoms with Gasteiger partial charge >= 0.3 is 5.97 Å². The number of aromatic nitrogens is 3. The molecule has 0 amide bonds. The SMILES string of the molecule is COC(=O)c1nnn(CCCCCO)c1C1CCCN1. The topological polar surface area (TPSA) is 89.3 Å². The van der Waals surface area contributed by atoms with Crippen molar-refractivity contribution in [2.75, 3.05) is 20.3 Å². The van der Waals surface area contributed by atoms with Crippen LogP contribution in [0.5, 0.6) is 0 Å². The van der Waals surface area contributed by atoms with E-state index in [2.05, 4.69) is 15.6 Å². The molecular weight excluding hydrogens is 260 g/mol. The van der Waals surface area contributed by atoms with Crippen LogP contribution in [0.15, 0.2) is 0 Å². The van der Waals surface area contributed by atoms with Gasteiger partial charge in [0.2, 0.25) is 0 Å². The van der Waals surface area contributed by atoms with Crippen LogP contribution in [0.1, 0.15) is 54.3 Å². The highest BCUT2D eigenvalue weighted by Crippen LogP contribution is 2.25. The van der Waals surface area contributed by atoms with Gasteiger partial charge < -0.3 is 15.2 Å². The second-order valence-corrected chi connectivity index (χ2v) is 4.97. The molecule has 1 aromatic rings. The van der Waals surface area contributed by atoms with Crippen molar-refractivity contribution in [1.29, 1.82) is 0 Å². The molecule has 112 valence electrons.